The van der Waals surface area contributed by atoms with Crippen molar-refractivity contribution in [2.45, 2.75) is 71.3 Å². The van der Waals surface area contributed by atoms with Crippen molar-refractivity contribution >= 4 is 0 Å². The molecule has 0 saturated heterocycles. The van der Waals surface area contributed by atoms with E-state index >= 15 is 0 Å². The van der Waals surface area contributed by atoms with E-state index in [2.05, 4.69) is 13.8 Å². The maximum atomic E-state index is 9.87. The predicted molar refractivity (Wildman–Crippen MR) is 64.9 cm³/mol. The van der Waals surface area contributed by atoms with E-state index in [1.54, 1.807) is 0 Å². The Bertz CT molecular complexity index is 126. The first-order chi connectivity index (χ1) is 7.26. The van der Waals surface area contributed by atoms with Gasteiger partial charge in [0.25, 0.3) is 0 Å². The topological polar surface area (TPSA) is 40.5 Å². The molecule has 2 unspecified atom stereocenters. The molecule has 0 heterocycles. The molecule has 0 bridgehead atoms. The van der Waals surface area contributed by atoms with Crippen molar-refractivity contribution in [3.05, 3.63) is 0 Å². The van der Waals surface area contributed by atoms with Crippen LogP contribution in [0.5, 0.6) is 0 Å². The first kappa shape index (κ1) is 14.9. The van der Waals surface area contributed by atoms with Crippen LogP contribution in [0.4, 0.5) is 0 Å². The Balaban J connectivity index is 3.58. The second-order valence-electron chi connectivity index (χ2n) is 4.50. The molecular formula is C13H28O2. The Labute approximate surface area is 94.7 Å². The molecule has 0 saturated carbocycles. The van der Waals surface area contributed by atoms with Crippen molar-refractivity contribution < 1.29 is 10.2 Å². The van der Waals surface area contributed by atoms with Gasteiger partial charge in [0.2, 0.25) is 0 Å². The minimum Gasteiger partial charge on any atom is -0.396 e. The largest absolute Gasteiger partial charge is 0.396 e. The van der Waals surface area contributed by atoms with Crippen molar-refractivity contribution in [3.8, 4) is 0 Å². The van der Waals surface area contributed by atoms with Crippen LogP contribution in [0.2, 0.25) is 0 Å². The van der Waals surface area contributed by atoms with E-state index in [1.165, 1.54) is 19.3 Å². The Hall–Kier alpha value is -0.0800. The zero-order chi connectivity index (χ0) is 11.5. The number of hydrogen-bond acceptors (Lipinski definition) is 2. The van der Waals surface area contributed by atoms with E-state index in [9.17, 15) is 5.11 Å². The van der Waals surface area contributed by atoms with Crippen molar-refractivity contribution in [1.29, 1.82) is 0 Å². The predicted octanol–water partition coefficient (Wildman–Crippen LogP) is 3.12. The van der Waals surface area contributed by atoms with E-state index in [0.29, 0.717) is 0 Å². The molecule has 0 aromatic carbocycles. The van der Waals surface area contributed by atoms with E-state index in [4.69, 9.17) is 5.11 Å². The van der Waals surface area contributed by atoms with Crippen LogP contribution in [0.25, 0.3) is 0 Å². The van der Waals surface area contributed by atoms with Crippen molar-refractivity contribution in [1.82, 2.24) is 0 Å². The summed E-state index contributed by atoms with van der Waals surface area (Å²) in [4.78, 5) is 0. The SMILES string of the molecule is CCCCCCC(O)C(CO)CCCC. The van der Waals surface area contributed by atoms with Gasteiger partial charge < -0.3 is 10.2 Å². The van der Waals surface area contributed by atoms with E-state index in [0.717, 1.165) is 32.1 Å². The smallest absolute Gasteiger partial charge is 0.0590 e. The first-order valence-corrected chi connectivity index (χ1v) is 6.55. The molecule has 92 valence electrons. The summed E-state index contributed by atoms with van der Waals surface area (Å²) >= 11 is 0. The van der Waals surface area contributed by atoms with Crippen LogP contribution < -0.4 is 0 Å². The van der Waals surface area contributed by atoms with Gasteiger partial charge in [0.15, 0.2) is 0 Å². The van der Waals surface area contributed by atoms with Crippen molar-refractivity contribution in [2.75, 3.05) is 6.61 Å². The summed E-state index contributed by atoms with van der Waals surface area (Å²) in [5.41, 5.74) is 0. The lowest BCUT2D eigenvalue weighted by Gasteiger charge is -2.20. The summed E-state index contributed by atoms with van der Waals surface area (Å²) in [6.07, 6.45) is 8.56. The summed E-state index contributed by atoms with van der Waals surface area (Å²) in [6.45, 7) is 4.46. The monoisotopic (exact) mass is 216 g/mol. The van der Waals surface area contributed by atoms with Crippen molar-refractivity contribution in [2.24, 2.45) is 5.92 Å². The zero-order valence-electron chi connectivity index (χ0n) is 10.4. The molecule has 0 aromatic rings. The van der Waals surface area contributed by atoms with Gasteiger partial charge in [0.1, 0.15) is 0 Å². The molecule has 0 aromatic heterocycles. The quantitative estimate of drug-likeness (QED) is 0.551. The molecule has 2 nitrogen and oxygen atoms in total. The molecule has 15 heavy (non-hydrogen) atoms. The highest BCUT2D eigenvalue weighted by Crippen LogP contribution is 2.17. The second kappa shape index (κ2) is 10.4. The molecule has 0 aliphatic carbocycles. The summed E-state index contributed by atoms with van der Waals surface area (Å²) < 4.78 is 0. The highest BCUT2D eigenvalue weighted by atomic mass is 16.3. The standard InChI is InChI=1S/C13H28O2/c1-3-5-7-8-10-13(15)12(11-14)9-6-4-2/h12-15H,3-11H2,1-2H3. The molecule has 0 rings (SSSR count). The molecular weight excluding hydrogens is 188 g/mol. The highest BCUT2D eigenvalue weighted by molar-refractivity contribution is 4.68. The third kappa shape index (κ3) is 7.80. The average Bonchev–Trinajstić information content (AvgIpc) is 2.25. The van der Waals surface area contributed by atoms with Gasteiger partial charge in [-0.2, -0.15) is 0 Å². The van der Waals surface area contributed by atoms with Gasteiger partial charge in [-0.1, -0.05) is 52.4 Å². The summed E-state index contributed by atoms with van der Waals surface area (Å²) in [5, 5.41) is 19.0. The number of aliphatic hydroxyl groups excluding tert-OH is 2. The first-order valence-electron chi connectivity index (χ1n) is 6.55. The summed E-state index contributed by atoms with van der Waals surface area (Å²) in [6, 6.07) is 0. The van der Waals surface area contributed by atoms with Gasteiger partial charge >= 0.3 is 0 Å². The molecule has 0 spiro atoms. The van der Waals surface area contributed by atoms with Gasteiger partial charge in [-0.05, 0) is 12.8 Å². The number of unbranched alkanes of at least 4 members (excludes halogenated alkanes) is 4. The summed E-state index contributed by atoms with van der Waals surface area (Å²) in [7, 11) is 0. The lowest BCUT2D eigenvalue weighted by molar-refractivity contribution is 0.0531. The third-order valence-corrected chi connectivity index (χ3v) is 3.06. The molecule has 0 radical (unpaired) electrons. The Morgan fingerprint density at radius 1 is 0.867 bits per heavy atom. The summed E-state index contributed by atoms with van der Waals surface area (Å²) in [5.74, 6) is 0.103. The minimum absolute atomic E-state index is 0.103. The maximum absolute atomic E-state index is 9.87. The van der Waals surface area contributed by atoms with Crippen LogP contribution in [0.1, 0.15) is 65.2 Å². The van der Waals surface area contributed by atoms with Gasteiger partial charge in [-0.15, -0.1) is 0 Å². The fourth-order valence-electron chi connectivity index (χ4n) is 1.89. The minimum atomic E-state index is -0.293. The molecule has 0 aliphatic heterocycles. The lowest BCUT2D eigenvalue weighted by atomic mass is 9.93. The second-order valence-corrected chi connectivity index (χ2v) is 4.50. The molecule has 0 aliphatic rings. The Morgan fingerprint density at radius 2 is 1.53 bits per heavy atom. The van der Waals surface area contributed by atoms with Crippen LogP contribution in [0.3, 0.4) is 0 Å². The van der Waals surface area contributed by atoms with E-state index in [-0.39, 0.29) is 18.6 Å². The van der Waals surface area contributed by atoms with Gasteiger partial charge in [-0.25, -0.2) is 0 Å². The van der Waals surface area contributed by atoms with Crippen LogP contribution in [0, 0.1) is 5.92 Å². The van der Waals surface area contributed by atoms with Crippen LogP contribution in [-0.4, -0.2) is 22.9 Å². The van der Waals surface area contributed by atoms with Crippen molar-refractivity contribution in [3.63, 3.8) is 0 Å². The normalized spacial score (nSPS) is 15.2. The fraction of sp³-hybridized carbons (Fsp3) is 1.00. The average molecular weight is 216 g/mol. The molecule has 2 atom stereocenters. The van der Waals surface area contributed by atoms with Crippen LogP contribution in [0.15, 0.2) is 0 Å². The van der Waals surface area contributed by atoms with Crippen LogP contribution >= 0.6 is 0 Å². The third-order valence-electron chi connectivity index (χ3n) is 3.06. The highest BCUT2D eigenvalue weighted by Gasteiger charge is 2.16. The van der Waals surface area contributed by atoms with E-state index in [1.807, 2.05) is 0 Å². The molecule has 2 heteroatoms. The molecule has 2 N–H and O–H groups in total. The molecule has 0 amide bonds. The molecule has 0 fully saturated rings. The van der Waals surface area contributed by atoms with Crippen LogP contribution in [-0.2, 0) is 0 Å². The lowest BCUT2D eigenvalue weighted by Crippen LogP contribution is -2.23. The maximum Gasteiger partial charge on any atom is 0.0590 e. The fourth-order valence-corrected chi connectivity index (χ4v) is 1.89. The number of aliphatic hydroxyl groups is 2. The number of hydrogen-bond donors (Lipinski definition) is 2. The Kier molecular flexibility index (Phi) is 10.4. The zero-order valence-corrected chi connectivity index (χ0v) is 10.4. The van der Waals surface area contributed by atoms with E-state index < -0.39 is 0 Å². The Morgan fingerprint density at radius 3 is 2.07 bits per heavy atom. The van der Waals surface area contributed by atoms with Gasteiger partial charge in [-0.3, -0.25) is 0 Å². The number of rotatable bonds is 10. The van der Waals surface area contributed by atoms with Gasteiger partial charge in [0, 0.05) is 12.5 Å². The van der Waals surface area contributed by atoms with Gasteiger partial charge in [0.05, 0.1) is 6.10 Å².